The first-order valence-corrected chi connectivity index (χ1v) is 10.3. The highest BCUT2D eigenvalue weighted by molar-refractivity contribution is 9.10. The van der Waals surface area contributed by atoms with Gasteiger partial charge in [-0.15, -0.1) is 0 Å². The molecule has 4 heteroatoms. The van der Waals surface area contributed by atoms with Crippen molar-refractivity contribution >= 4 is 27.4 Å². The minimum Gasteiger partial charge on any atom is -0.497 e. The van der Waals surface area contributed by atoms with E-state index in [2.05, 4.69) is 65.4 Å². The number of hydrogen-bond acceptors (Lipinski definition) is 3. The standard InChI is InChI=1S/C24H24BrNO2/c1-24(2)13-21-23(22(27)14-24)19(15-6-10-18(28-3)11-7-15)12-20(26-21)16-4-8-17(25)9-5-16/h4-12,19,26H,13-14H2,1-3H3. The van der Waals surface area contributed by atoms with Crippen molar-refractivity contribution in [3.8, 4) is 5.75 Å². The fourth-order valence-electron chi connectivity index (χ4n) is 4.13. The molecule has 3 nitrogen and oxygen atoms in total. The number of Topliss-reactive ketones (excluding diaryl/α,β-unsaturated/α-hetero) is 1. The highest BCUT2D eigenvalue weighted by Crippen LogP contribution is 2.45. The van der Waals surface area contributed by atoms with Crippen LogP contribution in [0.4, 0.5) is 0 Å². The van der Waals surface area contributed by atoms with Gasteiger partial charge in [-0.25, -0.2) is 0 Å². The average Bonchev–Trinajstić information content (AvgIpc) is 2.66. The molecule has 144 valence electrons. The molecular formula is C24H24BrNO2. The van der Waals surface area contributed by atoms with Gasteiger partial charge >= 0.3 is 0 Å². The Kier molecular flexibility index (Phi) is 4.92. The third-order valence-corrected chi connectivity index (χ3v) is 6.01. The fraction of sp³-hybridized carbons (Fsp3) is 0.292. The zero-order valence-corrected chi connectivity index (χ0v) is 18.0. The Morgan fingerprint density at radius 2 is 1.71 bits per heavy atom. The summed E-state index contributed by atoms with van der Waals surface area (Å²) < 4.78 is 6.35. The lowest BCUT2D eigenvalue weighted by Gasteiger charge is -2.38. The molecule has 1 aliphatic heterocycles. The molecule has 28 heavy (non-hydrogen) atoms. The van der Waals surface area contributed by atoms with Gasteiger partial charge in [0.25, 0.3) is 0 Å². The van der Waals surface area contributed by atoms with Crippen LogP contribution in [0.25, 0.3) is 5.70 Å². The number of carbonyl (C=O) groups is 1. The first kappa shape index (κ1) is 19.0. The summed E-state index contributed by atoms with van der Waals surface area (Å²) >= 11 is 3.50. The van der Waals surface area contributed by atoms with Gasteiger partial charge in [0.1, 0.15) is 5.75 Å². The van der Waals surface area contributed by atoms with Crippen molar-refractivity contribution in [2.75, 3.05) is 7.11 Å². The maximum absolute atomic E-state index is 13.1. The second kappa shape index (κ2) is 7.25. The number of benzene rings is 2. The lowest BCUT2D eigenvalue weighted by Crippen LogP contribution is -2.35. The zero-order chi connectivity index (χ0) is 19.9. The van der Waals surface area contributed by atoms with Crippen LogP contribution in [0.1, 0.15) is 43.7 Å². The summed E-state index contributed by atoms with van der Waals surface area (Å²) in [6.07, 6.45) is 3.64. The van der Waals surface area contributed by atoms with Crippen LogP contribution in [0.15, 0.2) is 70.3 Å². The van der Waals surface area contributed by atoms with Crippen LogP contribution in [-0.4, -0.2) is 12.9 Å². The van der Waals surface area contributed by atoms with Gasteiger partial charge < -0.3 is 10.1 Å². The molecule has 1 atom stereocenters. The molecule has 0 amide bonds. The van der Waals surface area contributed by atoms with Gasteiger partial charge in [-0.1, -0.05) is 54.0 Å². The molecule has 1 heterocycles. The Bertz CT molecular complexity index is 969. The molecule has 0 fully saturated rings. The Morgan fingerprint density at radius 1 is 1.04 bits per heavy atom. The molecule has 1 N–H and O–H groups in total. The van der Waals surface area contributed by atoms with E-state index in [1.807, 2.05) is 24.3 Å². The number of nitrogens with one attached hydrogen (secondary N) is 1. The average molecular weight is 438 g/mol. The Labute approximate surface area is 174 Å². The summed E-state index contributed by atoms with van der Waals surface area (Å²) in [6, 6.07) is 16.3. The smallest absolute Gasteiger partial charge is 0.162 e. The normalized spacial score (nSPS) is 20.9. The molecule has 2 aliphatic rings. The van der Waals surface area contributed by atoms with Gasteiger partial charge in [-0.3, -0.25) is 4.79 Å². The van der Waals surface area contributed by atoms with E-state index in [4.69, 9.17) is 4.74 Å². The lowest BCUT2D eigenvalue weighted by atomic mass is 9.70. The van der Waals surface area contributed by atoms with Crippen LogP contribution < -0.4 is 10.1 Å². The largest absolute Gasteiger partial charge is 0.497 e. The molecule has 0 bridgehead atoms. The Hall–Kier alpha value is -2.33. The number of hydrogen-bond donors (Lipinski definition) is 1. The summed E-state index contributed by atoms with van der Waals surface area (Å²) in [6.45, 7) is 4.33. The minimum absolute atomic E-state index is 0.0322. The Morgan fingerprint density at radius 3 is 2.36 bits per heavy atom. The molecule has 2 aromatic carbocycles. The predicted octanol–water partition coefficient (Wildman–Crippen LogP) is 5.83. The van der Waals surface area contributed by atoms with Crippen molar-refractivity contribution < 1.29 is 9.53 Å². The van der Waals surface area contributed by atoms with E-state index in [1.54, 1.807) is 7.11 Å². The van der Waals surface area contributed by atoms with Crippen molar-refractivity contribution in [1.29, 1.82) is 0 Å². The number of allylic oxidation sites excluding steroid dienone is 3. The van der Waals surface area contributed by atoms with Gasteiger partial charge in [-0.05, 0) is 53.3 Å². The van der Waals surface area contributed by atoms with Gasteiger partial charge in [0, 0.05) is 33.8 Å². The molecule has 1 unspecified atom stereocenters. The molecule has 0 spiro atoms. The van der Waals surface area contributed by atoms with Gasteiger partial charge in [0.15, 0.2) is 5.78 Å². The van der Waals surface area contributed by atoms with E-state index >= 15 is 0 Å². The molecule has 1 aliphatic carbocycles. The van der Waals surface area contributed by atoms with Crippen molar-refractivity contribution in [1.82, 2.24) is 5.32 Å². The summed E-state index contributed by atoms with van der Waals surface area (Å²) in [5, 5.41) is 3.58. The van der Waals surface area contributed by atoms with Crippen molar-refractivity contribution in [3.63, 3.8) is 0 Å². The summed E-state index contributed by atoms with van der Waals surface area (Å²) in [4.78, 5) is 13.1. The summed E-state index contributed by atoms with van der Waals surface area (Å²) in [5.74, 6) is 1.01. The molecule has 2 aromatic rings. The van der Waals surface area contributed by atoms with Crippen LogP contribution in [0.5, 0.6) is 5.75 Å². The highest BCUT2D eigenvalue weighted by Gasteiger charge is 2.38. The van der Waals surface area contributed by atoms with Crippen LogP contribution in [0, 0.1) is 5.41 Å². The van der Waals surface area contributed by atoms with E-state index in [0.29, 0.717) is 6.42 Å². The number of methoxy groups -OCH3 is 1. The van der Waals surface area contributed by atoms with Crippen LogP contribution in [-0.2, 0) is 4.79 Å². The number of ether oxygens (including phenoxy) is 1. The van der Waals surface area contributed by atoms with E-state index in [-0.39, 0.29) is 17.1 Å². The SMILES string of the molecule is COc1ccc(C2C=C(c3ccc(Br)cc3)NC3=C2C(=O)CC(C)(C)C3)cc1. The first-order valence-electron chi connectivity index (χ1n) is 9.51. The second-order valence-electron chi connectivity index (χ2n) is 8.30. The molecule has 4 rings (SSSR count). The third kappa shape index (κ3) is 3.66. The topological polar surface area (TPSA) is 38.3 Å². The number of halogens is 1. The number of carbonyl (C=O) groups excluding carboxylic acids is 1. The zero-order valence-electron chi connectivity index (χ0n) is 16.4. The van der Waals surface area contributed by atoms with Crippen LogP contribution >= 0.6 is 15.9 Å². The van der Waals surface area contributed by atoms with Crippen LogP contribution in [0.2, 0.25) is 0 Å². The van der Waals surface area contributed by atoms with E-state index in [1.165, 1.54) is 0 Å². The molecule has 0 aromatic heterocycles. The van der Waals surface area contributed by atoms with Gasteiger partial charge in [0.05, 0.1) is 7.11 Å². The van der Waals surface area contributed by atoms with Gasteiger partial charge in [-0.2, -0.15) is 0 Å². The molecule has 0 radical (unpaired) electrons. The monoisotopic (exact) mass is 437 g/mol. The molecular weight excluding hydrogens is 414 g/mol. The van der Waals surface area contributed by atoms with Crippen molar-refractivity contribution in [2.24, 2.45) is 5.41 Å². The fourth-order valence-corrected chi connectivity index (χ4v) is 4.40. The maximum atomic E-state index is 13.1. The number of rotatable bonds is 3. The summed E-state index contributed by atoms with van der Waals surface area (Å²) in [7, 11) is 1.67. The third-order valence-electron chi connectivity index (χ3n) is 5.48. The first-order chi connectivity index (χ1) is 13.4. The lowest BCUT2D eigenvalue weighted by molar-refractivity contribution is -0.118. The predicted molar refractivity (Wildman–Crippen MR) is 116 cm³/mol. The minimum atomic E-state index is -0.0515. The second-order valence-corrected chi connectivity index (χ2v) is 9.21. The van der Waals surface area contributed by atoms with Crippen molar-refractivity contribution in [3.05, 3.63) is 81.5 Å². The van der Waals surface area contributed by atoms with Gasteiger partial charge in [0.2, 0.25) is 0 Å². The Balaban J connectivity index is 1.81. The summed E-state index contributed by atoms with van der Waals surface area (Å²) in [5.41, 5.74) is 5.21. The van der Waals surface area contributed by atoms with E-state index in [9.17, 15) is 4.79 Å². The van der Waals surface area contributed by atoms with Crippen molar-refractivity contribution in [2.45, 2.75) is 32.6 Å². The molecule has 0 saturated heterocycles. The quantitative estimate of drug-likeness (QED) is 0.656. The molecule has 0 saturated carbocycles. The maximum Gasteiger partial charge on any atom is 0.162 e. The van der Waals surface area contributed by atoms with E-state index < -0.39 is 0 Å². The van der Waals surface area contributed by atoms with Crippen LogP contribution in [0.3, 0.4) is 0 Å². The van der Waals surface area contributed by atoms with E-state index in [0.717, 1.165) is 44.7 Å². The number of ketones is 1. The highest BCUT2D eigenvalue weighted by atomic mass is 79.9. The number of dihydropyridines is 1.